The molecule has 1 aromatic carbocycles. The molecule has 1 saturated carbocycles. The molecule has 1 aliphatic carbocycles. The van der Waals surface area contributed by atoms with E-state index in [1.54, 1.807) is 0 Å². The fourth-order valence-electron chi connectivity index (χ4n) is 2.60. The van der Waals surface area contributed by atoms with Gasteiger partial charge in [-0.05, 0) is 56.2 Å². The summed E-state index contributed by atoms with van der Waals surface area (Å²) in [7, 11) is 0. The number of halogens is 1. The molecule has 1 aromatic rings. The lowest BCUT2D eigenvalue weighted by Crippen LogP contribution is -2.37. The van der Waals surface area contributed by atoms with E-state index in [2.05, 4.69) is 28.2 Å². The van der Waals surface area contributed by atoms with Crippen LogP contribution in [-0.4, -0.2) is 11.9 Å². The van der Waals surface area contributed by atoms with Crippen molar-refractivity contribution in [1.29, 1.82) is 0 Å². The summed E-state index contributed by atoms with van der Waals surface area (Å²) in [5, 5.41) is 3.14. The first-order chi connectivity index (χ1) is 8.97. The van der Waals surface area contributed by atoms with Crippen LogP contribution in [0.15, 0.2) is 16.6 Å². The molecule has 3 nitrogen and oxygen atoms in total. The highest BCUT2D eigenvalue weighted by molar-refractivity contribution is 9.10. The molecule has 4 heteroatoms. The number of nitrogens with two attached hydrogens (primary N) is 1. The standard InChI is InChI=1S/C15H21BrN2O/c1-9-3-5-12(6-4-9)18-15(19)13-7-11(16)8-14(17)10(13)2/h7-9,12H,3-6,17H2,1-2H3,(H,18,19). The molecule has 1 aliphatic rings. The minimum atomic E-state index is -0.00921. The predicted molar refractivity (Wildman–Crippen MR) is 82.2 cm³/mol. The van der Waals surface area contributed by atoms with Crippen LogP contribution in [0.1, 0.15) is 48.5 Å². The van der Waals surface area contributed by atoms with E-state index in [1.165, 1.54) is 12.8 Å². The topological polar surface area (TPSA) is 55.1 Å². The SMILES string of the molecule is Cc1c(N)cc(Br)cc1C(=O)NC1CCC(C)CC1. The molecule has 0 aromatic heterocycles. The normalized spacial score (nSPS) is 23.1. The molecule has 0 radical (unpaired) electrons. The number of benzene rings is 1. The summed E-state index contributed by atoms with van der Waals surface area (Å²) >= 11 is 3.39. The minimum absolute atomic E-state index is 0.00921. The van der Waals surface area contributed by atoms with E-state index in [0.29, 0.717) is 17.3 Å². The number of rotatable bonds is 2. The lowest BCUT2D eigenvalue weighted by atomic mass is 9.87. The van der Waals surface area contributed by atoms with Crippen molar-refractivity contribution in [3.8, 4) is 0 Å². The van der Waals surface area contributed by atoms with Gasteiger partial charge in [-0.15, -0.1) is 0 Å². The molecule has 0 spiro atoms. The first-order valence-electron chi connectivity index (χ1n) is 6.84. The molecule has 0 aliphatic heterocycles. The molecular formula is C15H21BrN2O. The Bertz CT molecular complexity index is 479. The first-order valence-corrected chi connectivity index (χ1v) is 7.63. The van der Waals surface area contributed by atoms with Crippen molar-refractivity contribution in [2.24, 2.45) is 5.92 Å². The van der Waals surface area contributed by atoms with Crippen LogP contribution in [0.5, 0.6) is 0 Å². The number of anilines is 1. The van der Waals surface area contributed by atoms with Crippen LogP contribution in [0, 0.1) is 12.8 Å². The Morgan fingerprint density at radius 2 is 1.95 bits per heavy atom. The average Bonchev–Trinajstić information content (AvgIpc) is 2.36. The summed E-state index contributed by atoms with van der Waals surface area (Å²) < 4.78 is 0.845. The zero-order valence-corrected chi connectivity index (χ0v) is 13.1. The minimum Gasteiger partial charge on any atom is -0.398 e. The predicted octanol–water partition coefficient (Wildman–Crippen LogP) is 3.65. The van der Waals surface area contributed by atoms with Gasteiger partial charge in [0.2, 0.25) is 0 Å². The van der Waals surface area contributed by atoms with E-state index in [-0.39, 0.29) is 5.91 Å². The number of nitrogens with one attached hydrogen (secondary N) is 1. The van der Waals surface area contributed by atoms with Crippen molar-refractivity contribution < 1.29 is 4.79 Å². The van der Waals surface area contributed by atoms with Gasteiger partial charge in [0.1, 0.15) is 0 Å². The molecule has 104 valence electrons. The number of nitrogen functional groups attached to an aromatic ring is 1. The lowest BCUT2D eigenvalue weighted by molar-refractivity contribution is 0.0922. The Morgan fingerprint density at radius 3 is 2.58 bits per heavy atom. The molecule has 0 unspecified atom stereocenters. The second kappa shape index (κ2) is 5.95. The van der Waals surface area contributed by atoms with Crippen LogP contribution in [0.25, 0.3) is 0 Å². The maximum Gasteiger partial charge on any atom is 0.251 e. The summed E-state index contributed by atoms with van der Waals surface area (Å²) in [6.07, 6.45) is 4.56. The molecule has 2 rings (SSSR count). The summed E-state index contributed by atoms with van der Waals surface area (Å²) in [6, 6.07) is 3.98. The van der Waals surface area contributed by atoms with E-state index in [4.69, 9.17) is 5.73 Å². The smallest absolute Gasteiger partial charge is 0.251 e. The monoisotopic (exact) mass is 324 g/mol. The van der Waals surface area contributed by atoms with Gasteiger partial charge in [-0.25, -0.2) is 0 Å². The fraction of sp³-hybridized carbons (Fsp3) is 0.533. The molecule has 0 saturated heterocycles. The fourth-order valence-corrected chi connectivity index (χ4v) is 3.08. The zero-order valence-electron chi connectivity index (χ0n) is 11.5. The highest BCUT2D eigenvalue weighted by Gasteiger charge is 2.21. The van der Waals surface area contributed by atoms with Gasteiger partial charge in [0.05, 0.1) is 0 Å². The second-order valence-electron chi connectivity index (χ2n) is 5.60. The van der Waals surface area contributed by atoms with Crippen LogP contribution in [0.4, 0.5) is 5.69 Å². The van der Waals surface area contributed by atoms with Gasteiger partial charge in [0.15, 0.2) is 0 Å². The number of carbonyl (C=O) groups excluding carboxylic acids is 1. The molecule has 0 bridgehead atoms. The third-order valence-electron chi connectivity index (χ3n) is 4.01. The molecule has 19 heavy (non-hydrogen) atoms. The highest BCUT2D eigenvalue weighted by atomic mass is 79.9. The molecule has 1 fully saturated rings. The first kappa shape index (κ1) is 14.4. The van der Waals surface area contributed by atoms with E-state index in [1.807, 2.05) is 19.1 Å². The molecule has 0 heterocycles. The van der Waals surface area contributed by atoms with Crippen LogP contribution in [0.3, 0.4) is 0 Å². The van der Waals surface area contributed by atoms with Gasteiger partial charge in [-0.3, -0.25) is 4.79 Å². The van der Waals surface area contributed by atoms with Gasteiger partial charge in [0, 0.05) is 21.8 Å². The van der Waals surface area contributed by atoms with Gasteiger partial charge >= 0.3 is 0 Å². The van der Waals surface area contributed by atoms with Crippen LogP contribution < -0.4 is 11.1 Å². The van der Waals surface area contributed by atoms with Crippen LogP contribution in [0.2, 0.25) is 0 Å². The van der Waals surface area contributed by atoms with E-state index in [9.17, 15) is 4.79 Å². The Balaban J connectivity index is 2.08. The van der Waals surface area contributed by atoms with Crippen molar-refractivity contribution in [1.82, 2.24) is 5.32 Å². The van der Waals surface area contributed by atoms with Crippen LogP contribution in [-0.2, 0) is 0 Å². The van der Waals surface area contributed by atoms with Crippen molar-refractivity contribution in [2.75, 3.05) is 5.73 Å². The second-order valence-corrected chi connectivity index (χ2v) is 6.51. The Labute approximate surface area is 123 Å². The van der Waals surface area contributed by atoms with Crippen molar-refractivity contribution in [3.63, 3.8) is 0 Å². The summed E-state index contributed by atoms with van der Waals surface area (Å²) in [5.41, 5.74) is 8.07. The van der Waals surface area contributed by atoms with Crippen molar-refractivity contribution >= 4 is 27.5 Å². The van der Waals surface area contributed by atoms with Gasteiger partial charge in [-0.1, -0.05) is 22.9 Å². The zero-order chi connectivity index (χ0) is 14.0. The lowest BCUT2D eigenvalue weighted by Gasteiger charge is -2.27. The van der Waals surface area contributed by atoms with E-state index < -0.39 is 0 Å². The van der Waals surface area contributed by atoms with Gasteiger partial charge < -0.3 is 11.1 Å². The number of amides is 1. The number of hydrogen-bond donors (Lipinski definition) is 2. The van der Waals surface area contributed by atoms with Crippen molar-refractivity contribution in [3.05, 3.63) is 27.7 Å². The summed E-state index contributed by atoms with van der Waals surface area (Å²) in [6.45, 7) is 4.16. The van der Waals surface area contributed by atoms with E-state index in [0.717, 1.165) is 28.8 Å². The van der Waals surface area contributed by atoms with Crippen molar-refractivity contribution in [2.45, 2.75) is 45.6 Å². The van der Waals surface area contributed by atoms with Gasteiger partial charge in [0.25, 0.3) is 5.91 Å². The number of carbonyl (C=O) groups is 1. The maximum absolute atomic E-state index is 12.3. The summed E-state index contributed by atoms with van der Waals surface area (Å²) in [5.74, 6) is 0.779. The molecular weight excluding hydrogens is 304 g/mol. The molecule has 3 N–H and O–H groups in total. The summed E-state index contributed by atoms with van der Waals surface area (Å²) in [4.78, 5) is 12.3. The Hall–Kier alpha value is -1.03. The Kier molecular flexibility index (Phi) is 4.50. The van der Waals surface area contributed by atoms with Crippen LogP contribution >= 0.6 is 15.9 Å². The van der Waals surface area contributed by atoms with Gasteiger partial charge in [-0.2, -0.15) is 0 Å². The maximum atomic E-state index is 12.3. The average molecular weight is 325 g/mol. The van der Waals surface area contributed by atoms with E-state index >= 15 is 0 Å². The molecule has 1 amide bonds. The number of hydrogen-bond acceptors (Lipinski definition) is 2. The quantitative estimate of drug-likeness (QED) is 0.816. The third-order valence-corrected chi connectivity index (χ3v) is 4.47. The largest absolute Gasteiger partial charge is 0.398 e. The molecule has 0 atom stereocenters. The Morgan fingerprint density at radius 1 is 1.32 bits per heavy atom. The third kappa shape index (κ3) is 3.50. The highest BCUT2D eigenvalue weighted by Crippen LogP contribution is 2.25.